The topological polar surface area (TPSA) is 59.8 Å². The smallest absolute Gasteiger partial charge is 0.258 e. The number of aryl methyl sites for hydroxylation is 2. The predicted molar refractivity (Wildman–Crippen MR) is 65.1 cm³/mol. The SMILES string of the molecule is Cc1ccc(C(=O)Nc2ncnn2C)cc1Cl. The van der Waals surface area contributed by atoms with E-state index >= 15 is 0 Å². The molecule has 0 atom stereocenters. The average Bonchev–Trinajstić information content (AvgIpc) is 2.68. The number of carbonyl (C=O) groups is 1. The summed E-state index contributed by atoms with van der Waals surface area (Å²) >= 11 is 5.96. The molecule has 0 aliphatic rings. The van der Waals surface area contributed by atoms with Crippen molar-refractivity contribution in [2.45, 2.75) is 6.92 Å². The molecule has 2 aromatic rings. The highest BCUT2D eigenvalue weighted by Crippen LogP contribution is 2.17. The first kappa shape index (κ1) is 11.6. The zero-order chi connectivity index (χ0) is 12.4. The van der Waals surface area contributed by atoms with Crippen molar-refractivity contribution in [3.8, 4) is 0 Å². The van der Waals surface area contributed by atoms with Gasteiger partial charge in [-0.25, -0.2) is 4.68 Å². The van der Waals surface area contributed by atoms with Gasteiger partial charge < -0.3 is 0 Å². The van der Waals surface area contributed by atoms with Crippen LogP contribution in [0.25, 0.3) is 0 Å². The molecule has 1 amide bonds. The van der Waals surface area contributed by atoms with Crippen LogP contribution in [0.3, 0.4) is 0 Å². The van der Waals surface area contributed by atoms with Crippen molar-refractivity contribution >= 4 is 23.5 Å². The highest BCUT2D eigenvalue weighted by atomic mass is 35.5. The number of hydrogen-bond donors (Lipinski definition) is 1. The Balaban J connectivity index is 2.20. The third-order valence-electron chi connectivity index (χ3n) is 2.37. The molecule has 0 bridgehead atoms. The van der Waals surface area contributed by atoms with Gasteiger partial charge in [0.1, 0.15) is 6.33 Å². The molecule has 5 nitrogen and oxygen atoms in total. The van der Waals surface area contributed by atoms with Crippen LogP contribution in [-0.2, 0) is 7.05 Å². The molecule has 0 aliphatic carbocycles. The Bertz CT molecular complexity index is 564. The molecule has 1 heterocycles. The third-order valence-corrected chi connectivity index (χ3v) is 2.78. The number of benzene rings is 1. The first-order valence-electron chi connectivity index (χ1n) is 4.99. The lowest BCUT2D eigenvalue weighted by atomic mass is 10.1. The molecule has 0 fully saturated rings. The van der Waals surface area contributed by atoms with E-state index in [1.54, 1.807) is 25.2 Å². The molecule has 2 rings (SSSR count). The average molecular weight is 251 g/mol. The van der Waals surface area contributed by atoms with Gasteiger partial charge in [0.25, 0.3) is 5.91 Å². The van der Waals surface area contributed by atoms with Gasteiger partial charge >= 0.3 is 0 Å². The van der Waals surface area contributed by atoms with Gasteiger partial charge in [-0.3, -0.25) is 10.1 Å². The summed E-state index contributed by atoms with van der Waals surface area (Å²) in [7, 11) is 1.70. The number of nitrogens with one attached hydrogen (secondary N) is 1. The maximum Gasteiger partial charge on any atom is 0.258 e. The van der Waals surface area contributed by atoms with Crippen molar-refractivity contribution in [3.63, 3.8) is 0 Å². The number of amides is 1. The minimum Gasteiger partial charge on any atom is -0.291 e. The second-order valence-corrected chi connectivity index (χ2v) is 4.03. The van der Waals surface area contributed by atoms with Crippen LogP contribution < -0.4 is 5.32 Å². The summed E-state index contributed by atoms with van der Waals surface area (Å²) in [5.74, 6) is 0.134. The Morgan fingerprint density at radius 1 is 1.47 bits per heavy atom. The second kappa shape index (κ2) is 4.55. The quantitative estimate of drug-likeness (QED) is 0.887. The van der Waals surface area contributed by atoms with E-state index in [9.17, 15) is 4.79 Å². The summed E-state index contributed by atoms with van der Waals surface area (Å²) in [6, 6.07) is 5.14. The molecular weight excluding hydrogens is 240 g/mol. The molecule has 0 spiro atoms. The molecule has 17 heavy (non-hydrogen) atoms. The van der Waals surface area contributed by atoms with Gasteiger partial charge in [0.15, 0.2) is 0 Å². The lowest BCUT2D eigenvalue weighted by molar-refractivity contribution is 0.102. The number of rotatable bonds is 2. The summed E-state index contributed by atoms with van der Waals surface area (Å²) in [5, 5.41) is 7.07. The standard InChI is InChI=1S/C11H11ClN4O/c1-7-3-4-8(5-9(7)12)10(17)15-11-13-6-14-16(11)2/h3-6H,1-2H3,(H,13,14,15,17). The third kappa shape index (κ3) is 2.45. The monoisotopic (exact) mass is 250 g/mol. The molecule has 0 unspecified atom stereocenters. The van der Waals surface area contributed by atoms with Crippen LogP contribution in [0, 0.1) is 6.92 Å². The molecular formula is C11H11ClN4O. The lowest BCUT2D eigenvalue weighted by Gasteiger charge is -2.05. The molecule has 1 aromatic carbocycles. The van der Waals surface area contributed by atoms with Crippen molar-refractivity contribution in [2.24, 2.45) is 7.05 Å². The highest BCUT2D eigenvalue weighted by Gasteiger charge is 2.10. The van der Waals surface area contributed by atoms with Crippen LogP contribution in [0.15, 0.2) is 24.5 Å². The second-order valence-electron chi connectivity index (χ2n) is 3.63. The number of nitrogens with zero attached hydrogens (tertiary/aromatic N) is 3. The van der Waals surface area contributed by atoms with Crippen LogP contribution >= 0.6 is 11.6 Å². The van der Waals surface area contributed by atoms with Crippen LogP contribution in [0.1, 0.15) is 15.9 Å². The van der Waals surface area contributed by atoms with Crippen molar-refractivity contribution in [1.29, 1.82) is 0 Å². The van der Waals surface area contributed by atoms with Gasteiger partial charge in [-0.2, -0.15) is 10.1 Å². The Hall–Kier alpha value is -1.88. The first-order chi connectivity index (χ1) is 8.08. The zero-order valence-electron chi connectivity index (χ0n) is 9.44. The lowest BCUT2D eigenvalue weighted by Crippen LogP contribution is -2.15. The largest absolute Gasteiger partial charge is 0.291 e. The first-order valence-corrected chi connectivity index (χ1v) is 5.37. The number of carbonyl (C=O) groups excluding carboxylic acids is 1. The summed E-state index contributed by atoms with van der Waals surface area (Å²) in [5.41, 5.74) is 1.42. The molecule has 0 radical (unpaired) electrons. The molecule has 0 aliphatic heterocycles. The fourth-order valence-corrected chi connectivity index (χ4v) is 1.50. The van der Waals surface area contributed by atoms with E-state index in [1.807, 2.05) is 6.92 Å². The molecule has 88 valence electrons. The van der Waals surface area contributed by atoms with Crippen LogP contribution in [0.5, 0.6) is 0 Å². The summed E-state index contributed by atoms with van der Waals surface area (Å²) in [6.07, 6.45) is 1.37. The van der Waals surface area contributed by atoms with Crippen molar-refractivity contribution in [2.75, 3.05) is 5.32 Å². The number of halogens is 1. The summed E-state index contributed by atoms with van der Waals surface area (Å²) < 4.78 is 1.48. The van der Waals surface area contributed by atoms with Crippen molar-refractivity contribution < 1.29 is 4.79 Å². The van der Waals surface area contributed by atoms with Gasteiger partial charge in [-0.15, -0.1) is 0 Å². The minimum atomic E-state index is -0.261. The van der Waals surface area contributed by atoms with E-state index in [2.05, 4.69) is 15.4 Å². The van der Waals surface area contributed by atoms with Gasteiger partial charge in [0, 0.05) is 17.6 Å². The van der Waals surface area contributed by atoms with Gasteiger partial charge in [0.2, 0.25) is 5.95 Å². The van der Waals surface area contributed by atoms with E-state index in [-0.39, 0.29) is 5.91 Å². The summed E-state index contributed by atoms with van der Waals surface area (Å²) in [4.78, 5) is 15.8. The number of anilines is 1. The Kier molecular flexibility index (Phi) is 3.10. The van der Waals surface area contributed by atoms with Crippen molar-refractivity contribution in [1.82, 2.24) is 14.8 Å². The van der Waals surface area contributed by atoms with E-state index in [4.69, 9.17) is 11.6 Å². The molecule has 0 saturated carbocycles. The minimum absolute atomic E-state index is 0.261. The van der Waals surface area contributed by atoms with Crippen LogP contribution in [-0.4, -0.2) is 20.7 Å². The fourth-order valence-electron chi connectivity index (χ4n) is 1.32. The van der Waals surface area contributed by atoms with Crippen LogP contribution in [0.4, 0.5) is 5.95 Å². The van der Waals surface area contributed by atoms with Gasteiger partial charge in [-0.1, -0.05) is 17.7 Å². The van der Waals surface area contributed by atoms with Gasteiger partial charge in [-0.05, 0) is 24.6 Å². The molecule has 6 heteroatoms. The summed E-state index contributed by atoms with van der Waals surface area (Å²) in [6.45, 7) is 1.88. The number of hydrogen-bond acceptors (Lipinski definition) is 3. The van der Waals surface area contributed by atoms with Gasteiger partial charge in [0.05, 0.1) is 0 Å². The van der Waals surface area contributed by atoms with Crippen molar-refractivity contribution in [3.05, 3.63) is 40.7 Å². The van der Waals surface area contributed by atoms with E-state index < -0.39 is 0 Å². The van der Waals surface area contributed by atoms with E-state index in [1.165, 1.54) is 11.0 Å². The predicted octanol–water partition coefficient (Wildman–Crippen LogP) is 2.03. The molecule has 1 aromatic heterocycles. The Morgan fingerprint density at radius 3 is 2.82 bits per heavy atom. The molecule has 1 N–H and O–H groups in total. The zero-order valence-corrected chi connectivity index (χ0v) is 10.2. The van der Waals surface area contributed by atoms with E-state index in [0.717, 1.165) is 5.56 Å². The van der Waals surface area contributed by atoms with Crippen LogP contribution in [0.2, 0.25) is 5.02 Å². The van der Waals surface area contributed by atoms with E-state index in [0.29, 0.717) is 16.5 Å². The fraction of sp³-hybridized carbons (Fsp3) is 0.182. The highest BCUT2D eigenvalue weighted by molar-refractivity contribution is 6.31. The maximum absolute atomic E-state index is 11.9. The number of aromatic nitrogens is 3. The molecule has 0 saturated heterocycles. The Labute approximate surface area is 103 Å². The Morgan fingerprint density at radius 2 is 2.24 bits per heavy atom. The normalized spacial score (nSPS) is 10.3. The maximum atomic E-state index is 11.9.